The second-order valence-corrected chi connectivity index (χ2v) is 9.50. The van der Waals surface area contributed by atoms with Crippen LogP contribution in [-0.4, -0.2) is 25.3 Å². The normalized spacial score (nSPS) is 20.2. The van der Waals surface area contributed by atoms with Gasteiger partial charge in [-0.3, -0.25) is 4.79 Å². The first kappa shape index (κ1) is 23.5. The van der Waals surface area contributed by atoms with Gasteiger partial charge in [0.2, 0.25) is 0 Å². The van der Waals surface area contributed by atoms with Crippen molar-refractivity contribution in [2.24, 2.45) is 29.6 Å². The summed E-state index contributed by atoms with van der Waals surface area (Å²) in [5.41, 5.74) is 0. The summed E-state index contributed by atoms with van der Waals surface area (Å²) in [6.45, 7) is 14.9. The van der Waals surface area contributed by atoms with Crippen LogP contribution in [0.4, 0.5) is 0 Å². The van der Waals surface area contributed by atoms with Gasteiger partial charge in [-0.1, -0.05) is 73.6 Å². The van der Waals surface area contributed by atoms with Gasteiger partial charge < -0.3 is 9.47 Å². The molecule has 1 aliphatic heterocycles. The number of carbonyl (C=O) groups is 1. The van der Waals surface area contributed by atoms with E-state index in [0.717, 1.165) is 37.7 Å². The Morgan fingerprint density at radius 2 is 1.46 bits per heavy atom. The number of ether oxygens (including phenoxy) is 2. The Kier molecular flexibility index (Phi) is 11.5. The van der Waals surface area contributed by atoms with E-state index >= 15 is 0 Å². The van der Waals surface area contributed by atoms with Gasteiger partial charge in [0.1, 0.15) is 12.7 Å². The Bertz CT molecular complexity index is 374. The molecule has 0 aliphatic carbocycles. The van der Waals surface area contributed by atoms with Gasteiger partial charge in [0.05, 0.1) is 12.5 Å². The van der Waals surface area contributed by atoms with Crippen molar-refractivity contribution in [3.05, 3.63) is 0 Å². The van der Waals surface area contributed by atoms with Gasteiger partial charge in [0.25, 0.3) is 0 Å². The average molecular weight is 369 g/mol. The summed E-state index contributed by atoms with van der Waals surface area (Å²) in [6, 6.07) is 0. The lowest BCUT2D eigenvalue weighted by Crippen LogP contribution is -2.26. The fourth-order valence-corrected chi connectivity index (χ4v) is 3.61. The van der Waals surface area contributed by atoms with Crippen LogP contribution in [0.2, 0.25) is 0 Å². The third-order valence-electron chi connectivity index (χ3n) is 5.69. The van der Waals surface area contributed by atoms with Crippen LogP contribution in [0.3, 0.4) is 0 Å². The Hall–Kier alpha value is -0.570. The van der Waals surface area contributed by atoms with Crippen LogP contribution in [-0.2, 0) is 14.3 Å². The van der Waals surface area contributed by atoms with Crippen molar-refractivity contribution in [2.45, 2.75) is 99.0 Å². The molecule has 0 aromatic heterocycles. The molecule has 0 saturated carbocycles. The Morgan fingerprint density at radius 1 is 0.885 bits per heavy atom. The van der Waals surface area contributed by atoms with E-state index in [-0.39, 0.29) is 18.0 Å². The number of epoxide rings is 1. The minimum atomic E-state index is 0.00641. The van der Waals surface area contributed by atoms with Crippen molar-refractivity contribution >= 4 is 5.97 Å². The predicted octanol–water partition coefficient (Wildman–Crippen LogP) is 6.25. The molecule has 0 spiro atoms. The first-order valence-electron chi connectivity index (χ1n) is 11.1. The highest BCUT2D eigenvalue weighted by Crippen LogP contribution is 2.28. The fourth-order valence-electron chi connectivity index (χ4n) is 3.61. The molecule has 0 bridgehead atoms. The molecule has 0 aromatic carbocycles. The lowest BCUT2D eigenvalue weighted by Gasteiger charge is -2.24. The minimum absolute atomic E-state index is 0.00641. The van der Waals surface area contributed by atoms with E-state index in [4.69, 9.17) is 9.47 Å². The molecule has 1 saturated heterocycles. The topological polar surface area (TPSA) is 38.8 Å². The summed E-state index contributed by atoms with van der Waals surface area (Å²) >= 11 is 0. The molecule has 0 radical (unpaired) electrons. The number of carbonyl (C=O) groups excluding carboxylic acids is 1. The zero-order valence-corrected chi connectivity index (χ0v) is 18.3. The van der Waals surface area contributed by atoms with E-state index in [2.05, 4.69) is 41.5 Å². The monoisotopic (exact) mass is 368 g/mol. The van der Waals surface area contributed by atoms with Gasteiger partial charge in [-0.25, -0.2) is 0 Å². The maximum atomic E-state index is 12.7. The highest BCUT2D eigenvalue weighted by molar-refractivity contribution is 5.72. The molecule has 4 atom stereocenters. The quantitative estimate of drug-likeness (QED) is 0.253. The molecular weight excluding hydrogens is 324 g/mol. The fraction of sp³-hybridized carbons (Fsp3) is 0.957. The van der Waals surface area contributed by atoms with Crippen molar-refractivity contribution in [1.82, 2.24) is 0 Å². The Labute approximate surface area is 162 Å². The van der Waals surface area contributed by atoms with Gasteiger partial charge in [-0.2, -0.15) is 0 Å². The average Bonchev–Trinajstić information content (AvgIpc) is 3.36. The number of esters is 1. The number of hydrogen-bond acceptors (Lipinski definition) is 3. The first-order chi connectivity index (χ1) is 12.3. The zero-order chi connectivity index (χ0) is 19.5. The van der Waals surface area contributed by atoms with Crippen molar-refractivity contribution in [3.63, 3.8) is 0 Å². The molecule has 154 valence electrons. The van der Waals surface area contributed by atoms with Crippen molar-refractivity contribution in [2.75, 3.05) is 13.2 Å². The third kappa shape index (κ3) is 11.2. The van der Waals surface area contributed by atoms with Crippen molar-refractivity contribution in [3.8, 4) is 0 Å². The molecule has 4 unspecified atom stereocenters. The maximum Gasteiger partial charge on any atom is 0.309 e. The largest absolute Gasteiger partial charge is 0.463 e. The van der Waals surface area contributed by atoms with Gasteiger partial charge in [-0.05, 0) is 42.9 Å². The third-order valence-corrected chi connectivity index (χ3v) is 5.69. The highest BCUT2D eigenvalue weighted by atomic mass is 16.6. The van der Waals surface area contributed by atoms with E-state index in [1.54, 1.807) is 0 Å². The lowest BCUT2D eigenvalue weighted by atomic mass is 9.83. The van der Waals surface area contributed by atoms with E-state index in [1.807, 2.05) is 0 Å². The van der Waals surface area contributed by atoms with Gasteiger partial charge in [0.15, 0.2) is 0 Å². The predicted molar refractivity (Wildman–Crippen MR) is 109 cm³/mol. The summed E-state index contributed by atoms with van der Waals surface area (Å²) in [6.07, 6.45) is 9.72. The maximum absolute atomic E-state index is 12.7. The lowest BCUT2D eigenvalue weighted by molar-refractivity contribution is -0.151. The molecular formula is C23H44O3. The SMILES string of the molecule is CC(C)CCCC(C)CCC(C(=O)OCC1CO1)C(C)CCCC(C)C. The molecule has 3 nitrogen and oxygen atoms in total. The van der Waals surface area contributed by atoms with Gasteiger partial charge >= 0.3 is 5.97 Å². The molecule has 26 heavy (non-hydrogen) atoms. The minimum Gasteiger partial charge on any atom is -0.463 e. The number of rotatable bonds is 15. The van der Waals surface area contributed by atoms with Crippen LogP contribution in [0.1, 0.15) is 92.9 Å². The summed E-state index contributed by atoms with van der Waals surface area (Å²) in [5, 5.41) is 0. The molecule has 1 heterocycles. The van der Waals surface area contributed by atoms with Crippen LogP contribution in [0.5, 0.6) is 0 Å². The van der Waals surface area contributed by atoms with Crippen molar-refractivity contribution < 1.29 is 14.3 Å². The number of hydrogen-bond donors (Lipinski definition) is 0. The molecule has 0 N–H and O–H groups in total. The molecule has 0 aromatic rings. The Balaban J connectivity index is 2.42. The molecule has 1 aliphatic rings. The summed E-state index contributed by atoms with van der Waals surface area (Å²) in [7, 11) is 0. The summed E-state index contributed by atoms with van der Waals surface area (Å²) < 4.78 is 10.7. The summed E-state index contributed by atoms with van der Waals surface area (Å²) in [4.78, 5) is 12.7. The molecule has 1 rings (SSSR count). The summed E-state index contributed by atoms with van der Waals surface area (Å²) in [5.74, 6) is 2.68. The highest BCUT2D eigenvalue weighted by Gasteiger charge is 2.30. The van der Waals surface area contributed by atoms with E-state index in [0.29, 0.717) is 18.4 Å². The second-order valence-electron chi connectivity index (χ2n) is 9.50. The van der Waals surface area contributed by atoms with Crippen LogP contribution in [0.25, 0.3) is 0 Å². The smallest absolute Gasteiger partial charge is 0.309 e. The van der Waals surface area contributed by atoms with Gasteiger partial charge in [-0.15, -0.1) is 0 Å². The van der Waals surface area contributed by atoms with Crippen LogP contribution >= 0.6 is 0 Å². The van der Waals surface area contributed by atoms with E-state index in [9.17, 15) is 4.79 Å². The second kappa shape index (κ2) is 12.8. The molecule has 0 amide bonds. The van der Waals surface area contributed by atoms with Crippen LogP contribution < -0.4 is 0 Å². The Morgan fingerprint density at radius 3 is 2.00 bits per heavy atom. The van der Waals surface area contributed by atoms with Gasteiger partial charge in [0, 0.05) is 0 Å². The first-order valence-corrected chi connectivity index (χ1v) is 11.1. The van der Waals surface area contributed by atoms with Crippen LogP contribution in [0, 0.1) is 29.6 Å². The molecule has 3 heteroatoms. The zero-order valence-electron chi connectivity index (χ0n) is 18.3. The van der Waals surface area contributed by atoms with Crippen molar-refractivity contribution in [1.29, 1.82) is 0 Å². The van der Waals surface area contributed by atoms with E-state index < -0.39 is 0 Å². The van der Waals surface area contributed by atoms with E-state index in [1.165, 1.54) is 32.1 Å². The standard InChI is InChI=1S/C23H44O3/c1-17(2)9-7-11-19(5)13-14-22(20(6)12-8-10-18(3)4)23(24)26-16-21-15-25-21/h17-22H,7-16H2,1-6H3. The molecule has 1 fully saturated rings. The van der Waals surface area contributed by atoms with Crippen LogP contribution in [0.15, 0.2) is 0 Å².